The molecule has 0 bridgehead atoms. The Bertz CT molecular complexity index is 765. The van der Waals surface area contributed by atoms with Crippen molar-refractivity contribution in [3.8, 4) is 17.2 Å². The molecule has 2 aromatic carbocycles. The van der Waals surface area contributed by atoms with Crippen LogP contribution in [0, 0.1) is 0 Å². The first-order valence-corrected chi connectivity index (χ1v) is 8.26. The third kappa shape index (κ3) is 4.91. The minimum Gasteiger partial charge on any atom is -0.493 e. The number of esters is 1. The molecule has 0 spiro atoms. The highest BCUT2D eigenvalue weighted by Crippen LogP contribution is 2.38. The summed E-state index contributed by atoms with van der Waals surface area (Å²) in [5.74, 6) is 0.323. The van der Waals surface area contributed by atoms with Crippen LogP contribution in [-0.2, 0) is 9.53 Å². The van der Waals surface area contributed by atoms with Crippen LogP contribution in [-0.4, -0.2) is 40.3 Å². The van der Waals surface area contributed by atoms with E-state index >= 15 is 0 Å². The summed E-state index contributed by atoms with van der Waals surface area (Å²) in [6.45, 7) is 0. The number of benzene rings is 2. The fourth-order valence-electron chi connectivity index (χ4n) is 2.64. The van der Waals surface area contributed by atoms with E-state index in [-0.39, 0.29) is 12.3 Å². The van der Waals surface area contributed by atoms with Crippen LogP contribution in [0.25, 0.3) is 0 Å². The molecule has 0 heterocycles. The molecule has 144 valence electrons. The zero-order chi connectivity index (χ0) is 19.8. The van der Waals surface area contributed by atoms with Gasteiger partial charge in [-0.05, 0) is 17.7 Å². The molecule has 0 aliphatic carbocycles. The second-order valence-electron chi connectivity index (χ2n) is 5.63. The Labute approximate surface area is 158 Å². The smallest absolute Gasteiger partial charge is 0.307 e. The molecule has 0 aliphatic heterocycles. The van der Waals surface area contributed by atoms with E-state index in [2.05, 4.69) is 5.32 Å². The van der Waals surface area contributed by atoms with Gasteiger partial charge in [0.2, 0.25) is 5.75 Å². The molecule has 1 atom stereocenters. The molecular formula is C20H23NO6. The Morgan fingerprint density at radius 1 is 0.926 bits per heavy atom. The number of carbonyl (C=O) groups excluding carboxylic acids is 2. The second-order valence-corrected chi connectivity index (χ2v) is 5.63. The van der Waals surface area contributed by atoms with E-state index in [9.17, 15) is 9.59 Å². The predicted molar refractivity (Wildman–Crippen MR) is 99.4 cm³/mol. The van der Waals surface area contributed by atoms with E-state index in [0.29, 0.717) is 22.8 Å². The third-order valence-corrected chi connectivity index (χ3v) is 4.03. The van der Waals surface area contributed by atoms with Crippen LogP contribution in [0.4, 0.5) is 0 Å². The van der Waals surface area contributed by atoms with Crippen molar-refractivity contribution in [2.75, 3.05) is 28.4 Å². The number of hydrogen-bond donors (Lipinski definition) is 1. The van der Waals surface area contributed by atoms with E-state index < -0.39 is 12.0 Å². The van der Waals surface area contributed by atoms with Gasteiger partial charge in [0.25, 0.3) is 5.91 Å². The van der Waals surface area contributed by atoms with Crippen molar-refractivity contribution < 1.29 is 28.5 Å². The molecule has 0 radical (unpaired) electrons. The lowest BCUT2D eigenvalue weighted by Crippen LogP contribution is -2.30. The summed E-state index contributed by atoms with van der Waals surface area (Å²) in [5.41, 5.74) is 1.11. The van der Waals surface area contributed by atoms with Crippen molar-refractivity contribution in [3.05, 3.63) is 53.6 Å². The van der Waals surface area contributed by atoms with Crippen LogP contribution < -0.4 is 19.5 Å². The van der Waals surface area contributed by atoms with Gasteiger partial charge in [0.1, 0.15) is 0 Å². The highest BCUT2D eigenvalue weighted by atomic mass is 16.5. The van der Waals surface area contributed by atoms with Crippen molar-refractivity contribution in [1.29, 1.82) is 0 Å². The highest BCUT2D eigenvalue weighted by Gasteiger charge is 2.22. The molecule has 7 nitrogen and oxygen atoms in total. The minimum atomic E-state index is -0.537. The monoisotopic (exact) mass is 373 g/mol. The maximum Gasteiger partial charge on any atom is 0.307 e. The Morgan fingerprint density at radius 3 is 2.00 bits per heavy atom. The van der Waals surface area contributed by atoms with E-state index in [0.717, 1.165) is 5.56 Å². The average molecular weight is 373 g/mol. The van der Waals surface area contributed by atoms with E-state index in [4.69, 9.17) is 18.9 Å². The summed E-state index contributed by atoms with van der Waals surface area (Å²) in [5, 5.41) is 2.86. The summed E-state index contributed by atoms with van der Waals surface area (Å²) in [7, 11) is 5.75. The number of rotatable bonds is 8. The van der Waals surface area contributed by atoms with Crippen LogP contribution in [0.3, 0.4) is 0 Å². The predicted octanol–water partition coefficient (Wildman–Crippen LogP) is 2.75. The second kappa shape index (κ2) is 9.47. The zero-order valence-electron chi connectivity index (χ0n) is 15.8. The fourth-order valence-corrected chi connectivity index (χ4v) is 2.64. The first-order valence-electron chi connectivity index (χ1n) is 8.26. The standard InChI is InChI=1S/C20H23NO6/c1-24-16-10-14(11-17(25-2)19(16)27-4)20(23)21-15(12-18(22)26-3)13-8-6-5-7-9-13/h5-11,15H,12H2,1-4H3,(H,21,23). The number of methoxy groups -OCH3 is 4. The van der Waals surface area contributed by atoms with Crippen LogP contribution in [0.5, 0.6) is 17.2 Å². The fraction of sp³-hybridized carbons (Fsp3) is 0.300. The molecule has 0 saturated carbocycles. The first kappa shape index (κ1) is 20.1. The van der Waals surface area contributed by atoms with Crippen LogP contribution in [0.1, 0.15) is 28.4 Å². The number of amides is 1. The van der Waals surface area contributed by atoms with Crippen molar-refractivity contribution in [2.45, 2.75) is 12.5 Å². The van der Waals surface area contributed by atoms with Crippen LogP contribution >= 0.6 is 0 Å². The first-order chi connectivity index (χ1) is 13.0. The Kier molecular flexibility index (Phi) is 7.05. The lowest BCUT2D eigenvalue weighted by molar-refractivity contribution is -0.141. The van der Waals surface area contributed by atoms with Crippen molar-refractivity contribution >= 4 is 11.9 Å². The van der Waals surface area contributed by atoms with Crippen LogP contribution in [0.15, 0.2) is 42.5 Å². The lowest BCUT2D eigenvalue weighted by atomic mass is 10.0. The molecule has 1 N–H and O–H groups in total. The highest BCUT2D eigenvalue weighted by molar-refractivity contribution is 5.96. The third-order valence-electron chi connectivity index (χ3n) is 4.03. The average Bonchev–Trinajstić information content (AvgIpc) is 2.72. The lowest BCUT2D eigenvalue weighted by Gasteiger charge is -2.19. The van der Waals surface area contributed by atoms with E-state index in [1.165, 1.54) is 28.4 Å². The largest absolute Gasteiger partial charge is 0.493 e. The summed E-state index contributed by atoms with van der Waals surface area (Å²) in [6, 6.07) is 11.8. The maximum atomic E-state index is 12.8. The Balaban J connectivity index is 2.33. The summed E-state index contributed by atoms with van der Waals surface area (Å²) in [4.78, 5) is 24.6. The van der Waals surface area contributed by atoms with Crippen molar-refractivity contribution in [2.24, 2.45) is 0 Å². The molecule has 0 aromatic heterocycles. The summed E-state index contributed by atoms with van der Waals surface area (Å²) >= 11 is 0. The number of carbonyl (C=O) groups is 2. The maximum absolute atomic E-state index is 12.8. The quantitative estimate of drug-likeness (QED) is 0.717. The molecular weight excluding hydrogens is 350 g/mol. The van der Waals surface area contributed by atoms with Crippen molar-refractivity contribution in [1.82, 2.24) is 5.32 Å². The van der Waals surface area contributed by atoms with Gasteiger partial charge in [-0.25, -0.2) is 0 Å². The number of hydrogen-bond acceptors (Lipinski definition) is 6. The van der Waals surface area contributed by atoms with Gasteiger partial charge >= 0.3 is 5.97 Å². The van der Waals surface area contributed by atoms with Crippen LogP contribution in [0.2, 0.25) is 0 Å². The van der Waals surface area contributed by atoms with E-state index in [1.54, 1.807) is 12.1 Å². The normalized spacial score (nSPS) is 11.3. The van der Waals surface area contributed by atoms with Gasteiger partial charge in [-0.1, -0.05) is 30.3 Å². The summed E-state index contributed by atoms with van der Waals surface area (Å²) in [6.07, 6.45) is 0.0106. The molecule has 0 fully saturated rings. The molecule has 7 heteroatoms. The topological polar surface area (TPSA) is 83.1 Å². The SMILES string of the molecule is COC(=O)CC(NC(=O)c1cc(OC)c(OC)c(OC)c1)c1ccccc1. The molecule has 2 aromatic rings. The summed E-state index contributed by atoms with van der Waals surface area (Å²) < 4.78 is 20.6. The Morgan fingerprint density at radius 2 is 1.52 bits per heavy atom. The molecule has 1 unspecified atom stereocenters. The van der Waals surface area contributed by atoms with Gasteiger partial charge < -0.3 is 24.3 Å². The van der Waals surface area contributed by atoms with Crippen molar-refractivity contribution in [3.63, 3.8) is 0 Å². The van der Waals surface area contributed by atoms with E-state index in [1.807, 2.05) is 30.3 Å². The zero-order valence-corrected chi connectivity index (χ0v) is 15.8. The van der Waals surface area contributed by atoms with Gasteiger partial charge in [0.15, 0.2) is 11.5 Å². The molecule has 2 rings (SSSR count). The van der Waals surface area contributed by atoms with Gasteiger partial charge in [0, 0.05) is 5.56 Å². The molecule has 27 heavy (non-hydrogen) atoms. The van der Waals surface area contributed by atoms with Gasteiger partial charge in [0.05, 0.1) is 40.9 Å². The number of nitrogens with one attached hydrogen (secondary N) is 1. The van der Waals surface area contributed by atoms with Gasteiger partial charge in [-0.3, -0.25) is 9.59 Å². The minimum absolute atomic E-state index is 0.0106. The Hall–Kier alpha value is -3.22. The number of ether oxygens (including phenoxy) is 4. The molecule has 0 saturated heterocycles. The van der Waals surface area contributed by atoms with Gasteiger partial charge in [-0.15, -0.1) is 0 Å². The molecule has 0 aliphatic rings. The van der Waals surface area contributed by atoms with Gasteiger partial charge in [-0.2, -0.15) is 0 Å². The molecule has 1 amide bonds.